The summed E-state index contributed by atoms with van der Waals surface area (Å²) >= 11 is 0. The molecule has 3 N–H and O–H groups in total. The Morgan fingerprint density at radius 2 is 2.00 bits per heavy atom. The minimum Gasteiger partial charge on any atom is -0.356 e. The Bertz CT molecular complexity index is 617. The molecule has 120 valence electrons. The quantitative estimate of drug-likeness (QED) is 0.709. The number of amides is 1. The van der Waals surface area contributed by atoms with Gasteiger partial charge in [0.25, 0.3) is 0 Å². The Hall–Kier alpha value is -2.24. The summed E-state index contributed by atoms with van der Waals surface area (Å²) in [4.78, 5) is 16.7. The minimum absolute atomic E-state index is 0.0204. The summed E-state index contributed by atoms with van der Waals surface area (Å²) in [5.41, 5.74) is 8.49. The van der Waals surface area contributed by atoms with Gasteiger partial charge in [-0.1, -0.05) is 36.4 Å². The maximum atomic E-state index is 12.4. The van der Waals surface area contributed by atoms with Crippen LogP contribution in [0.4, 0.5) is 0 Å². The normalized spacial score (nSPS) is 20.3. The highest BCUT2D eigenvalue weighted by molar-refractivity contribution is 5.80. The van der Waals surface area contributed by atoms with E-state index in [-0.39, 0.29) is 17.9 Å². The summed E-state index contributed by atoms with van der Waals surface area (Å²) in [5.74, 6) is 0.00428. The molecule has 1 amide bonds. The lowest BCUT2D eigenvalue weighted by Gasteiger charge is -2.18. The molecule has 2 unspecified atom stereocenters. The molecule has 2 heterocycles. The van der Waals surface area contributed by atoms with Crippen molar-refractivity contribution in [3.8, 4) is 0 Å². The zero-order valence-corrected chi connectivity index (χ0v) is 13.0. The van der Waals surface area contributed by atoms with E-state index in [2.05, 4.69) is 21.2 Å². The number of rotatable bonds is 6. The predicted molar refractivity (Wildman–Crippen MR) is 89.4 cm³/mol. The van der Waals surface area contributed by atoms with Crippen molar-refractivity contribution in [2.24, 2.45) is 5.92 Å². The van der Waals surface area contributed by atoms with Crippen LogP contribution in [0.15, 0.2) is 54.7 Å². The summed E-state index contributed by atoms with van der Waals surface area (Å²) in [6.07, 6.45) is 3.57. The second-order valence-electron chi connectivity index (χ2n) is 5.74. The van der Waals surface area contributed by atoms with Crippen LogP contribution in [-0.2, 0) is 11.2 Å². The largest absolute Gasteiger partial charge is 0.356 e. The fourth-order valence-corrected chi connectivity index (χ4v) is 2.88. The highest BCUT2D eigenvalue weighted by Crippen LogP contribution is 2.24. The van der Waals surface area contributed by atoms with E-state index in [1.807, 2.05) is 48.5 Å². The average molecular weight is 310 g/mol. The SMILES string of the molecule is O=C(NCCCc1ccccn1)C1CNNC1c1ccccc1. The van der Waals surface area contributed by atoms with E-state index in [4.69, 9.17) is 0 Å². The summed E-state index contributed by atoms with van der Waals surface area (Å²) in [7, 11) is 0. The van der Waals surface area contributed by atoms with Gasteiger partial charge in [-0.3, -0.25) is 15.2 Å². The molecule has 0 aliphatic carbocycles. The highest BCUT2D eigenvalue weighted by Gasteiger charge is 2.33. The lowest BCUT2D eigenvalue weighted by atomic mass is 9.94. The van der Waals surface area contributed by atoms with Gasteiger partial charge in [-0.2, -0.15) is 0 Å². The van der Waals surface area contributed by atoms with Crippen molar-refractivity contribution in [1.29, 1.82) is 0 Å². The molecule has 0 radical (unpaired) electrons. The number of carbonyl (C=O) groups is 1. The number of hydrazine groups is 1. The molecular weight excluding hydrogens is 288 g/mol. The van der Waals surface area contributed by atoms with Crippen LogP contribution in [0.5, 0.6) is 0 Å². The predicted octanol–water partition coefficient (Wildman–Crippen LogP) is 1.60. The molecular formula is C18H22N4O. The average Bonchev–Trinajstić information content (AvgIpc) is 3.10. The molecule has 0 spiro atoms. The van der Waals surface area contributed by atoms with Gasteiger partial charge >= 0.3 is 0 Å². The van der Waals surface area contributed by atoms with Gasteiger partial charge in [0.15, 0.2) is 0 Å². The monoisotopic (exact) mass is 310 g/mol. The van der Waals surface area contributed by atoms with E-state index in [1.54, 1.807) is 6.20 Å². The van der Waals surface area contributed by atoms with Crippen LogP contribution in [0.1, 0.15) is 23.7 Å². The van der Waals surface area contributed by atoms with Crippen LogP contribution < -0.4 is 16.2 Å². The lowest BCUT2D eigenvalue weighted by molar-refractivity contribution is -0.124. The number of hydrogen-bond donors (Lipinski definition) is 3. The molecule has 23 heavy (non-hydrogen) atoms. The van der Waals surface area contributed by atoms with Crippen LogP contribution in [0.3, 0.4) is 0 Å². The molecule has 1 aliphatic heterocycles. The van der Waals surface area contributed by atoms with Crippen molar-refractivity contribution >= 4 is 5.91 Å². The van der Waals surface area contributed by atoms with Crippen LogP contribution in [-0.4, -0.2) is 24.0 Å². The molecule has 1 aliphatic rings. The molecule has 0 bridgehead atoms. The standard InChI is InChI=1S/C18H22N4O/c23-18(20-12-6-10-15-9-4-5-11-19-15)16-13-21-22-17(16)14-7-2-1-3-8-14/h1-5,7-9,11,16-17,21-22H,6,10,12-13H2,(H,20,23). The minimum atomic E-state index is -0.0905. The first-order valence-corrected chi connectivity index (χ1v) is 8.05. The second-order valence-corrected chi connectivity index (χ2v) is 5.74. The van der Waals surface area contributed by atoms with Gasteiger partial charge in [-0.25, -0.2) is 5.43 Å². The molecule has 1 aromatic heterocycles. The molecule has 1 fully saturated rings. The Labute approximate surface area is 136 Å². The molecule has 5 heteroatoms. The third-order valence-electron chi connectivity index (χ3n) is 4.11. The Balaban J connectivity index is 1.48. The highest BCUT2D eigenvalue weighted by atomic mass is 16.2. The number of aryl methyl sites for hydroxylation is 1. The summed E-state index contributed by atoms with van der Waals surface area (Å²) in [6.45, 7) is 1.32. The Morgan fingerprint density at radius 1 is 1.17 bits per heavy atom. The van der Waals surface area contributed by atoms with E-state index in [9.17, 15) is 4.79 Å². The lowest BCUT2D eigenvalue weighted by Crippen LogP contribution is -2.35. The molecule has 2 aromatic rings. The van der Waals surface area contributed by atoms with Gasteiger partial charge in [-0.15, -0.1) is 0 Å². The fraction of sp³-hybridized carbons (Fsp3) is 0.333. The molecule has 0 saturated carbocycles. The molecule has 1 saturated heterocycles. The zero-order valence-electron chi connectivity index (χ0n) is 13.0. The number of hydrogen-bond acceptors (Lipinski definition) is 4. The smallest absolute Gasteiger partial charge is 0.226 e. The van der Waals surface area contributed by atoms with E-state index in [0.717, 1.165) is 24.1 Å². The van der Waals surface area contributed by atoms with E-state index in [1.165, 1.54) is 0 Å². The summed E-state index contributed by atoms with van der Waals surface area (Å²) in [5, 5.41) is 3.05. The maximum absolute atomic E-state index is 12.4. The van der Waals surface area contributed by atoms with Gasteiger partial charge in [0.05, 0.1) is 12.0 Å². The first-order valence-electron chi connectivity index (χ1n) is 8.05. The number of pyridine rings is 1. The molecule has 5 nitrogen and oxygen atoms in total. The molecule has 1 aromatic carbocycles. The van der Waals surface area contributed by atoms with E-state index < -0.39 is 0 Å². The Kier molecular flexibility index (Phi) is 5.34. The fourth-order valence-electron chi connectivity index (χ4n) is 2.88. The number of nitrogens with one attached hydrogen (secondary N) is 3. The van der Waals surface area contributed by atoms with Crippen molar-refractivity contribution in [3.63, 3.8) is 0 Å². The van der Waals surface area contributed by atoms with Crippen LogP contribution in [0, 0.1) is 5.92 Å². The number of aromatic nitrogens is 1. The van der Waals surface area contributed by atoms with E-state index in [0.29, 0.717) is 13.1 Å². The van der Waals surface area contributed by atoms with Crippen molar-refractivity contribution in [2.75, 3.05) is 13.1 Å². The van der Waals surface area contributed by atoms with Crippen molar-refractivity contribution in [2.45, 2.75) is 18.9 Å². The van der Waals surface area contributed by atoms with Crippen LogP contribution >= 0.6 is 0 Å². The van der Waals surface area contributed by atoms with Gasteiger partial charge in [0.2, 0.25) is 5.91 Å². The second kappa shape index (κ2) is 7.85. The van der Waals surface area contributed by atoms with Crippen molar-refractivity contribution in [1.82, 2.24) is 21.2 Å². The third-order valence-corrected chi connectivity index (χ3v) is 4.11. The first-order chi connectivity index (χ1) is 11.3. The third kappa shape index (κ3) is 4.15. The van der Waals surface area contributed by atoms with Crippen molar-refractivity contribution in [3.05, 3.63) is 66.0 Å². The van der Waals surface area contributed by atoms with Gasteiger partial charge in [-0.05, 0) is 30.5 Å². The number of benzene rings is 1. The number of nitrogens with zero attached hydrogens (tertiary/aromatic N) is 1. The zero-order chi connectivity index (χ0) is 15.9. The first kappa shape index (κ1) is 15.6. The molecule has 3 rings (SSSR count). The Morgan fingerprint density at radius 3 is 2.78 bits per heavy atom. The van der Waals surface area contributed by atoms with Crippen molar-refractivity contribution < 1.29 is 4.79 Å². The van der Waals surface area contributed by atoms with Crippen LogP contribution in [0.25, 0.3) is 0 Å². The van der Waals surface area contributed by atoms with Crippen LogP contribution in [0.2, 0.25) is 0 Å². The topological polar surface area (TPSA) is 66.0 Å². The maximum Gasteiger partial charge on any atom is 0.226 e. The van der Waals surface area contributed by atoms with Gasteiger partial charge < -0.3 is 5.32 Å². The van der Waals surface area contributed by atoms with Gasteiger partial charge in [0, 0.05) is 25.0 Å². The van der Waals surface area contributed by atoms with Gasteiger partial charge in [0.1, 0.15) is 0 Å². The summed E-state index contributed by atoms with van der Waals surface area (Å²) < 4.78 is 0. The van der Waals surface area contributed by atoms with E-state index >= 15 is 0 Å². The number of carbonyl (C=O) groups excluding carboxylic acids is 1. The molecule has 2 atom stereocenters. The summed E-state index contributed by atoms with van der Waals surface area (Å²) in [6, 6.07) is 16.0.